The highest BCUT2D eigenvalue weighted by Crippen LogP contribution is 2.61. The zero-order valence-corrected chi connectivity index (χ0v) is 34.3. The van der Waals surface area contributed by atoms with E-state index < -0.39 is 35.3 Å². The second kappa shape index (κ2) is 20.7. The monoisotopic (exact) mass is 854 g/mol. The Morgan fingerprint density at radius 2 is 0.500 bits per heavy atom. The minimum absolute atomic E-state index is 0.958. The van der Waals surface area contributed by atoms with E-state index in [0.717, 1.165) is 12.3 Å². The molecule has 0 saturated heterocycles. The molecule has 0 aliphatic heterocycles. The second-order valence-corrected chi connectivity index (χ2v) is 21.7. The first kappa shape index (κ1) is 44.2. The molecule has 0 amide bonds. The summed E-state index contributed by atoms with van der Waals surface area (Å²) in [6.07, 6.45) is 1.92. The third kappa shape index (κ3) is 11.4. The van der Waals surface area contributed by atoms with Crippen molar-refractivity contribution in [3.8, 4) is 0 Å². The molecule has 0 unspecified atom stereocenters. The summed E-state index contributed by atoms with van der Waals surface area (Å²) in [6, 6.07) is 76.8. The van der Waals surface area contributed by atoms with E-state index in [1.807, 2.05) is 0 Å². The highest BCUT2D eigenvalue weighted by Gasteiger charge is 2.48. The Bertz CT molecular complexity index is 2150. The molecule has 0 aliphatic carbocycles. The maximum Gasteiger partial charge on any atom is 0.388 e. The first-order chi connectivity index (χ1) is 27.9. The zero-order valence-electron chi connectivity index (χ0n) is 30.9. The van der Waals surface area contributed by atoms with Gasteiger partial charge in [-0.2, -0.15) is 16.8 Å². The highest BCUT2D eigenvalue weighted by atomic mass is 32.3. The van der Waals surface area contributed by atoms with Crippen LogP contribution in [-0.4, -0.2) is 25.9 Å². The van der Waals surface area contributed by atoms with Gasteiger partial charge in [-0.05, 0) is 83.9 Å². The molecular weight excluding hydrogens is 815 g/mol. The SMILES string of the molecule is O=S(=O)(O)O[O-].O=S(=O)(O)O[O-].c1ccc([P+](Cc2ccccc2C[P+](c2ccccc2)(c2ccccc2)c2ccccc2)(c2ccccc2)c2ccccc2)cc1. The maximum atomic E-state index is 9.02. The van der Waals surface area contributed by atoms with Crippen LogP contribution in [0.5, 0.6) is 0 Å². The lowest BCUT2D eigenvalue weighted by Crippen LogP contribution is -2.34. The predicted molar refractivity (Wildman–Crippen MR) is 229 cm³/mol. The van der Waals surface area contributed by atoms with Crippen LogP contribution in [0.1, 0.15) is 11.1 Å². The topological polar surface area (TPSA) is 173 Å². The van der Waals surface area contributed by atoms with E-state index in [1.165, 1.54) is 43.0 Å². The molecule has 0 bridgehead atoms. The van der Waals surface area contributed by atoms with Crippen LogP contribution in [0, 0.1) is 0 Å². The molecule has 0 aromatic heterocycles. The molecule has 0 aliphatic rings. The predicted octanol–water partition coefficient (Wildman–Crippen LogP) is 4.84. The molecule has 7 aromatic rings. The van der Waals surface area contributed by atoms with E-state index in [1.54, 1.807) is 0 Å². The van der Waals surface area contributed by atoms with Crippen LogP contribution < -0.4 is 42.3 Å². The van der Waals surface area contributed by atoms with Crippen molar-refractivity contribution in [2.75, 3.05) is 0 Å². The van der Waals surface area contributed by atoms with Gasteiger partial charge < -0.3 is 19.2 Å². The molecular formula is C44H40O10P2S2. The number of hydrogen-bond acceptors (Lipinski definition) is 8. The molecule has 0 radical (unpaired) electrons. The average Bonchev–Trinajstić information content (AvgIpc) is 3.27. The van der Waals surface area contributed by atoms with Crippen LogP contribution in [-0.2, 0) is 41.8 Å². The van der Waals surface area contributed by atoms with Crippen LogP contribution in [0.15, 0.2) is 206 Å². The van der Waals surface area contributed by atoms with Crippen molar-refractivity contribution in [3.05, 3.63) is 217 Å². The Kier molecular flexibility index (Phi) is 15.7. The lowest BCUT2D eigenvalue weighted by atomic mass is 10.1. The maximum absolute atomic E-state index is 9.02. The highest BCUT2D eigenvalue weighted by molar-refractivity contribution is 7.95. The fourth-order valence-corrected chi connectivity index (χ4v) is 15.5. The van der Waals surface area contributed by atoms with Gasteiger partial charge in [-0.3, -0.25) is 9.11 Å². The van der Waals surface area contributed by atoms with E-state index >= 15 is 0 Å². The smallest absolute Gasteiger partial charge is 0.388 e. The minimum Gasteiger partial charge on any atom is -0.705 e. The van der Waals surface area contributed by atoms with Gasteiger partial charge in [-0.1, -0.05) is 133 Å². The molecule has 0 saturated carbocycles. The molecule has 2 N–H and O–H groups in total. The fraction of sp³-hybridized carbons (Fsp3) is 0.0455. The number of hydrogen-bond donors (Lipinski definition) is 2. The zero-order chi connectivity index (χ0) is 41.5. The Labute approximate surface area is 340 Å². The van der Waals surface area contributed by atoms with Crippen molar-refractivity contribution in [1.29, 1.82) is 0 Å². The second-order valence-electron chi connectivity index (χ2n) is 12.7. The molecule has 0 atom stereocenters. The van der Waals surface area contributed by atoms with Gasteiger partial charge in [0.05, 0.1) is 12.3 Å². The summed E-state index contributed by atoms with van der Waals surface area (Å²) >= 11 is 0. The van der Waals surface area contributed by atoms with Crippen molar-refractivity contribution in [1.82, 2.24) is 0 Å². The summed E-state index contributed by atoms with van der Waals surface area (Å²) in [7, 11) is -13.6. The number of benzene rings is 7. The molecule has 7 rings (SSSR count). The van der Waals surface area contributed by atoms with Crippen molar-refractivity contribution >= 4 is 67.2 Å². The Morgan fingerprint density at radius 3 is 0.655 bits per heavy atom. The van der Waals surface area contributed by atoms with Crippen LogP contribution in [0.25, 0.3) is 0 Å². The van der Waals surface area contributed by atoms with E-state index in [-0.39, 0.29) is 0 Å². The minimum atomic E-state index is -4.72. The summed E-state index contributed by atoms with van der Waals surface area (Å²) in [5.41, 5.74) is 2.86. The summed E-state index contributed by atoms with van der Waals surface area (Å²) in [4.78, 5) is 0. The molecule has 14 heteroatoms. The molecule has 0 heterocycles. The van der Waals surface area contributed by atoms with E-state index in [9.17, 15) is 0 Å². The fourth-order valence-electron chi connectivity index (χ4n) is 6.91. The first-order valence-electron chi connectivity index (χ1n) is 17.7. The summed E-state index contributed by atoms with van der Waals surface area (Å²) in [6.45, 7) is 0. The van der Waals surface area contributed by atoms with Gasteiger partial charge in [-0.25, -0.2) is 0 Å². The van der Waals surface area contributed by atoms with Crippen molar-refractivity contribution < 1.29 is 45.1 Å². The van der Waals surface area contributed by atoms with E-state index in [4.69, 9.17) is 36.5 Å². The third-order valence-corrected chi connectivity index (χ3v) is 18.3. The Balaban J connectivity index is 0.000000468. The van der Waals surface area contributed by atoms with Crippen molar-refractivity contribution in [3.63, 3.8) is 0 Å². The molecule has 0 fully saturated rings. The van der Waals surface area contributed by atoms with Crippen LogP contribution >= 0.6 is 14.5 Å². The van der Waals surface area contributed by atoms with Gasteiger partial charge in [0, 0.05) is 0 Å². The summed E-state index contributed by atoms with van der Waals surface area (Å²) in [5.74, 6) is 0. The van der Waals surface area contributed by atoms with E-state index in [2.05, 4.69) is 215 Å². The third-order valence-electron chi connectivity index (χ3n) is 9.29. The van der Waals surface area contributed by atoms with Gasteiger partial charge in [0.1, 0.15) is 46.4 Å². The quantitative estimate of drug-likeness (QED) is 0.0750. The molecule has 0 spiro atoms. The van der Waals surface area contributed by atoms with Crippen molar-refractivity contribution in [2.45, 2.75) is 12.3 Å². The largest absolute Gasteiger partial charge is 0.705 e. The molecule has 58 heavy (non-hydrogen) atoms. The average molecular weight is 855 g/mol. The Morgan fingerprint density at radius 1 is 0.345 bits per heavy atom. The van der Waals surface area contributed by atoms with Gasteiger partial charge in [-0.15, -0.1) is 0 Å². The van der Waals surface area contributed by atoms with Crippen molar-refractivity contribution in [2.24, 2.45) is 0 Å². The lowest BCUT2D eigenvalue weighted by Gasteiger charge is -2.31. The molecule has 7 aromatic carbocycles. The van der Waals surface area contributed by atoms with Crippen LogP contribution in [0.4, 0.5) is 0 Å². The van der Waals surface area contributed by atoms with Crippen LogP contribution in [0.3, 0.4) is 0 Å². The van der Waals surface area contributed by atoms with Gasteiger partial charge >= 0.3 is 20.8 Å². The van der Waals surface area contributed by atoms with E-state index in [0.29, 0.717) is 0 Å². The van der Waals surface area contributed by atoms with Gasteiger partial charge in [0.25, 0.3) is 0 Å². The van der Waals surface area contributed by atoms with Crippen LogP contribution in [0.2, 0.25) is 0 Å². The summed E-state index contributed by atoms with van der Waals surface area (Å²) < 4.78 is 55.0. The normalized spacial score (nSPS) is 11.7. The van der Waals surface area contributed by atoms with Gasteiger partial charge in [0.2, 0.25) is 0 Å². The standard InChI is InChI=1S/C44H38P2.2H2O5S/c1-7-23-39(24-8-1)45(40-25-9-2-10-26-40,41-27-11-3-12-28-41)35-37-21-19-20-22-38(37)36-46(42-29-13-4-14-30-42,43-31-15-5-16-32-43)44-33-17-6-18-34-44;2*1-5-6(2,3)4/h1-34H,35-36H2;2*1H,(H,2,3,4)/q+2;;/p-2. The first-order valence-corrected chi connectivity index (χ1v) is 24.3. The number of rotatable bonds is 12. The molecule has 298 valence electrons. The Hall–Kier alpha value is -4.94. The van der Waals surface area contributed by atoms with Gasteiger partial charge in [0.15, 0.2) is 0 Å². The molecule has 10 nitrogen and oxygen atoms in total. The summed E-state index contributed by atoms with van der Waals surface area (Å²) in [5, 5.41) is 25.7. The lowest BCUT2D eigenvalue weighted by molar-refractivity contribution is -0.637.